The Bertz CT molecular complexity index is 492. The Balaban J connectivity index is 2.03. The first-order chi connectivity index (χ1) is 8.84. The Morgan fingerprint density at radius 1 is 1.42 bits per heavy atom. The van der Waals surface area contributed by atoms with Crippen molar-refractivity contribution >= 4 is 5.97 Å². The van der Waals surface area contributed by atoms with E-state index in [1.54, 1.807) is 0 Å². The van der Waals surface area contributed by atoms with Crippen molar-refractivity contribution in [2.75, 3.05) is 0 Å². The van der Waals surface area contributed by atoms with E-state index in [1.807, 2.05) is 13.8 Å². The maximum Gasteiger partial charge on any atom is 0.334 e. The van der Waals surface area contributed by atoms with E-state index in [4.69, 9.17) is 4.74 Å². The second-order valence-electron chi connectivity index (χ2n) is 6.33. The Kier molecular flexibility index (Phi) is 2.67. The van der Waals surface area contributed by atoms with Crippen molar-refractivity contribution in [3.8, 4) is 0 Å². The molecule has 2 aliphatic carbocycles. The predicted octanol–water partition coefficient (Wildman–Crippen LogP) is 1.33. The highest BCUT2D eigenvalue weighted by molar-refractivity contribution is 5.91. The molecule has 0 aromatic carbocycles. The van der Waals surface area contributed by atoms with E-state index >= 15 is 0 Å². The third kappa shape index (κ3) is 1.63. The molecule has 0 bridgehead atoms. The van der Waals surface area contributed by atoms with Gasteiger partial charge in [0.2, 0.25) is 0 Å². The van der Waals surface area contributed by atoms with Gasteiger partial charge in [-0.25, -0.2) is 4.79 Å². The van der Waals surface area contributed by atoms with Crippen molar-refractivity contribution < 1.29 is 19.7 Å². The number of esters is 1. The van der Waals surface area contributed by atoms with E-state index in [2.05, 4.69) is 6.58 Å². The lowest BCUT2D eigenvalue weighted by molar-refractivity contribution is -0.142. The van der Waals surface area contributed by atoms with Crippen LogP contribution in [0.15, 0.2) is 23.3 Å². The van der Waals surface area contributed by atoms with E-state index in [1.165, 1.54) is 0 Å². The minimum atomic E-state index is -0.588. The summed E-state index contributed by atoms with van der Waals surface area (Å²) in [7, 11) is 0. The minimum absolute atomic E-state index is 0.00280. The highest BCUT2D eigenvalue weighted by Crippen LogP contribution is 2.54. The first-order valence-corrected chi connectivity index (χ1v) is 6.80. The Morgan fingerprint density at radius 2 is 2.11 bits per heavy atom. The summed E-state index contributed by atoms with van der Waals surface area (Å²) in [5.41, 5.74) is 2.16. The molecule has 3 rings (SSSR count). The van der Waals surface area contributed by atoms with Gasteiger partial charge in [-0.2, -0.15) is 0 Å². The quantitative estimate of drug-likeness (QED) is 0.393. The molecule has 4 nitrogen and oxygen atoms in total. The molecule has 0 aromatic heterocycles. The summed E-state index contributed by atoms with van der Waals surface area (Å²) in [4.78, 5) is 11.6. The maximum absolute atomic E-state index is 11.6. The predicted molar refractivity (Wildman–Crippen MR) is 69.2 cm³/mol. The van der Waals surface area contributed by atoms with Gasteiger partial charge in [-0.3, -0.25) is 0 Å². The fourth-order valence-electron chi connectivity index (χ4n) is 3.90. The zero-order chi connectivity index (χ0) is 13.9. The third-order valence-electron chi connectivity index (χ3n) is 5.31. The van der Waals surface area contributed by atoms with E-state index in [0.29, 0.717) is 24.8 Å². The number of carbonyl (C=O) groups excluding carboxylic acids is 1. The SMILES string of the molecule is C=C1C(=O)O[C@@H]2C[C@]3(C)C(=C(C)[C@H](O)C[C@H]3O)C[C@H]12. The van der Waals surface area contributed by atoms with Crippen LogP contribution in [0.2, 0.25) is 0 Å². The molecule has 0 radical (unpaired) electrons. The Labute approximate surface area is 112 Å². The number of carbonyl (C=O) groups is 1. The number of rotatable bonds is 0. The highest BCUT2D eigenvalue weighted by Gasteiger charge is 2.54. The normalized spacial score (nSPS) is 45.9. The van der Waals surface area contributed by atoms with Gasteiger partial charge >= 0.3 is 5.97 Å². The number of ether oxygens (including phenoxy) is 1. The Morgan fingerprint density at radius 3 is 2.79 bits per heavy atom. The number of hydrogen-bond donors (Lipinski definition) is 2. The molecule has 0 amide bonds. The molecule has 0 aromatic rings. The summed E-state index contributed by atoms with van der Waals surface area (Å²) in [6.45, 7) is 7.75. The van der Waals surface area contributed by atoms with Gasteiger partial charge in [0.1, 0.15) is 6.10 Å². The number of aliphatic hydroxyl groups excluding tert-OH is 2. The van der Waals surface area contributed by atoms with Crippen molar-refractivity contribution in [1.82, 2.24) is 0 Å². The van der Waals surface area contributed by atoms with Gasteiger partial charge in [-0.1, -0.05) is 19.1 Å². The van der Waals surface area contributed by atoms with Gasteiger partial charge in [-0.05, 0) is 25.3 Å². The van der Waals surface area contributed by atoms with Crippen molar-refractivity contribution in [3.63, 3.8) is 0 Å². The van der Waals surface area contributed by atoms with Gasteiger partial charge in [0.25, 0.3) is 0 Å². The summed E-state index contributed by atoms with van der Waals surface area (Å²) >= 11 is 0. The molecule has 1 saturated carbocycles. The van der Waals surface area contributed by atoms with Crippen LogP contribution >= 0.6 is 0 Å². The lowest BCUT2D eigenvalue weighted by Gasteiger charge is -2.49. The van der Waals surface area contributed by atoms with Gasteiger partial charge in [0.15, 0.2) is 0 Å². The van der Waals surface area contributed by atoms with Gasteiger partial charge < -0.3 is 14.9 Å². The summed E-state index contributed by atoms with van der Waals surface area (Å²) in [6.07, 6.45) is 0.286. The Hall–Kier alpha value is -1.13. The second-order valence-corrected chi connectivity index (χ2v) is 6.33. The third-order valence-corrected chi connectivity index (χ3v) is 5.31. The molecular weight excluding hydrogens is 244 g/mol. The zero-order valence-corrected chi connectivity index (χ0v) is 11.3. The highest BCUT2D eigenvalue weighted by atomic mass is 16.6. The topological polar surface area (TPSA) is 66.8 Å². The molecule has 104 valence electrons. The molecule has 1 saturated heterocycles. The monoisotopic (exact) mass is 264 g/mol. The van der Waals surface area contributed by atoms with Crippen LogP contribution in [0.4, 0.5) is 0 Å². The van der Waals surface area contributed by atoms with Crippen LogP contribution in [0.3, 0.4) is 0 Å². The molecule has 5 atom stereocenters. The summed E-state index contributed by atoms with van der Waals surface area (Å²) < 4.78 is 5.37. The first-order valence-electron chi connectivity index (χ1n) is 6.80. The second kappa shape index (κ2) is 3.93. The van der Waals surface area contributed by atoms with Gasteiger partial charge in [0.05, 0.1) is 12.2 Å². The maximum atomic E-state index is 11.6. The molecule has 0 unspecified atom stereocenters. The molecule has 2 fully saturated rings. The number of fused-ring (bicyclic) bond motifs is 2. The lowest BCUT2D eigenvalue weighted by Crippen LogP contribution is -2.48. The summed E-state index contributed by atoms with van der Waals surface area (Å²) in [5, 5.41) is 20.4. The number of hydrogen-bond acceptors (Lipinski definition) is 4. The molecule has 1 aliphatic heterocycles. The van der Waals surface area contributed by atoms with Crippen LogP contribution in [0, 0.1) is 11.3 Å². The van der Waals surface area contributed by atoms with Crippen molar-refractivity contribution in [2.24, 2.45) is 11.3 Å². The molecular formula is C15H20O4. The fraction of sp³-hybridized carbons (Fsp3) is 0.667. The average molecular weight is 264 g/mol. The zero-order valence-electron chi connectivity index (χ0n) is 11.3. The van der Waals surface area contributed by atoms with Gasteiger partial charge in [-0.15, -0.1) is 0 Å². The summed E-state index contributed by atoms with van der Waals surface area (Å²) in [6, 6.07) is 0. The largest absolute Gasteiger partial charge is 0.458 e. The van der Waals surface area contributed by atoms with Crippen molar-refractivity contribution in [2.45, 2.75) is 51.4 Å². The standard InChI is InChI=1S/C15H20O4/c1-7-9-4-10-8(2)11(16)5-13(17)15(10,3)6-12(9)19-14(7)18/h9,11-13,16-17H,1,4-6H2,2-3H3/t9-,11-,12-,13-,15-/m1/s1. The molecule has 0 spiro atoms. The molecule has 3 aliphatic rings. The molecule has 4 heteroatoms. The van der Waals surface area contributed by atoms with Crippen LogP contribution in [-0.4, -0.2) is 34.5 Å². The lowest BCUT2D eigenvalue weighted by atomic mass is 9.58. The molecule has 19 heavy (non-hydrogen) atoms. The average Bonchev–Trinajstić information content (AvgIpc) is 2.61. The van der Waals surface area contributed by atoms with Crippen LogP contribution in [0.1, 0.15) is 33.1 Å². The summed E-state index contributed by atoms with van der Waals surface area (Å²) in [5.74, 6) is -0.312. The van der Waals surface area contributed by atoms with Crippen LogP contribution in [-0.2, 0) is 9.53 Å². The van der Waals surface area contributed by atoms with Gasteiger partial charge in [0, 0.05) is 23.3 Å². The molecule has 2 N–H and O–H groups in total. The minimum Gasteiger partial charge on any atom is -0.458 e. The van der Waals surface area contributed by atoms with Crippen LogP contribution in [0.25, 0.3) is 0 Å². The smallest absolute Gasteiger partial charge is 0.334 e. The van der Waals surface area contributed by atoms with E-state index < -0.39 is 17.6 Å². The first kappa shape index (κ1) is 12.9. The van der Waals surface area contributed by atoms with E-state index in [9.17, 15) is 15.0 Å². The van der Waals surface area contributed by atoms with E-state index in [0.717, 1.165) is 11.1 Å². The van der Waals surface area contributed by atoms with Crippen molar-refractivity contribution in [1.29, 1.82) is 0 Å². The molecule has 1 heterocycles. The van der Waals surface area contributed by atoms with Crippen LogP contribution < -0.4 is 0 Å². The van der Waals surface area contributed by atoms with Crippen LogP contribution in [0.5, 0.6) is 0 Å². The fourth-order valence-corrected chi connectivity index (χ4v) is 3.90. The number of aliphatic hydroxyl groups is 2. The van der Waals surface area contributed by atoms with Crippen molar-refractivity contribution in [3.05, 3.63) is 23.3 Å². The van der Waals surface area contributed by atoms with E-state index in [-0.39, 0.29) is 18.0 Å².